The second kappa shape index (κ2) is 16.2. The summed E-state index contributed by atoms with van der Waals surface area (Å²) < 4.78 is 20.9. The molecule has 0 radical (unpaired) electrons. The van der Waals surface area contributed by atoms with Gasteiger partial charge in [0.05, 0.1) is 65.7 Å². The van der Waals surface area contributed by atoms with Crippen LogP contribution in [0.4, 0.5) is 0 Å². The Labute approximate surface area is 162 Å². The molecule has 0 fully saturated rings. The van der Waals surface area contributed by atoms with Gasteiger partial charge in [-0.2, -0.15) is 0 Å². The van der Waals surface area contributed by atoms with Crippen molar-refractivity contribution in [2.24, 2.45) is 5.73 Å². The molecule has 12 heteroatoms. The Morgan fingerprint density at radius 3 is 1.68 bits per heavy atom. The molecule has 0 saturated heterocycles. The standard InChI is InChI=1S/C16H30N2O10/c17-1-3-25-5-7-27-9-10-28-8-6-26-4-2-18-13(19)11-16(24,15(22)23)12-14(20)21/h24H,1-12,17H2,(H,18,19)(H,20,21)(H,22,23). The topological polar surface area (TPSA) is 187 Å². The van der Waals surface area contributed by atoms with Crippen molar-refractivity contribution in [2.45, 2.75) is 18.4 Å². The highest BCUT2D eigenvalue weighted by Crippen LogP contribution is 2.15. The van der Waals surface area contributed by atoms with E-state index in [4.69, 9.17) is 34.9 Å². The van der Waals surface area contributed by atoms with Crippen molar-refractivity contribution in [1.29, 1.82) is 0 Å². The van der Waals surface area contributed by atoms with E-state index < -0.39 is 36.3 Å². The van der Waals surface area contributed by atoms with Crippen molar-refractivity contribution in [3.8, 4) is 0 Å². The highest BCUT2D eigenvalue weighted by atomic mass is 16.6. The number of carbonyl (C=O) groups is 3. The van der Waals surface area contributed by atoms with Gasteiger partial charge in [0, 0.05) is 13.1 Å². The summed E-state index contributed by atoms with van der Waals surface area (Å²) in [5, 5.41) is 29.6. The van der Waals surface area contributed by atoms with Crippen molar-refractivity contribution in [2.75, 3.05) is 65.9 Å². The molecule has 0 saturated carbocycles. The number of ether oxygens (including phenoxy) is 4. The molecule has 0 bridgehead atoms. The molecule has 164 valence electrons. The minimum Gasteiger partial charge on any atom is -0.481 e. The first-order valence-electron chi connectivity index (χ1n) is 8.77. The quantitative estimate of drug-likeness (QED) is 0.146. The number of carbonyl (C=O) groups excluding carboxylic acids is 1. The summed E-state index contributed by atoms with van der Waals surface area (Å²) in [6, 6.07) is 0. The largest absolute Gasteiger partial charge is 0.481 e. The van der Waals surface area contributed by atoms with Gasteiger partial charge in [0.15, 0.2) is 5.60 Å². The van der Waals surface area contributed by atoms with Crippen LogP contribution >= 0.6 is 0 Å². The van der Waals surface area contributed by atoms with E-state index in [1.807, 2.05) is 0 Å². The summed E-state index contributed by atoms with van der Waals surface area (Å²) in [7, 11) is 0. The first-order chi connectivity index (χ1) is 13.3. The summed E-state index contributed by atoms with van der Waals surface area (Å²) in [4.78, 5) is 33.2. The highest BCUT2D eigenvalue weighted by molar-refractivity contribution is 5.90. The van der Waals surface area contributed by atoms with Gasteiger partial charge in [-0.25, -0.2) is 4.79 Å². The van der Waals surface area contributed by atoms with E-state index in [1.165, 1.54) is 0 Å². The van der Waals surface area contributed by atoms with Crippen molar-refractivity contribution in [3.05, 3.63) is 0 Å². The van der Waals surface area contributed by atoms with Crippen molar-refractivity contribution in [1.82, 2.24) is 5.32 Å². The highest BCUT2D eigenvalue weighted by Gasteiger charge is 2.40. The van der Waals surface area contributed by atoms with Crippen molar-refractivity contribution < 1.29 is 48.7 Å². The van der Waals surface area contributed by atoms with Crippen LogP contribution in [-0.2, 0) is 33.3 Å². The van der Waals surface area contributed by atoms with Gasteiger partial charge in [-0.15, -0.1) is 0 Å². The van der Waals surface area contributed by atoms with Crippen LogP contribution in [0.3, 0.4) is 0 Å². The van der Waals surface area contributed by atoms with Crippen LogP contribution in [0.1, 0.15) is 12.8 Å². The molecular weight excluding hydrogens is 380 g/mol. The average molecular weight is 410 g/mol. The monoisotopic (exact) mass is 410 g/mol. The van der Waals surface area contributed by atoms with Gasteiger partial charge < -0.3 is 45.3 Å². The lowest BCUT2D eigenvalue weighted by molar-refractivity contribution is -0.167. The fourth-order valence-corrected chi connectivity index (χ4v) is 1.90. The fraction of sp³-hybridized carbons (Fsp3) is 0.812. The molecule has 1 unspecified atom stereocenters. The Hall–Kier alpha value is -1.83. The third-order valence-corrected chi connectivity index (χ3v) is 3.24. The summed E-state index contributed by atoms with van der Waals surface area (Å²) in [5.74, 6) is -4.09. The molecule has 0 aliphatic carbocycles. The van der Waals surface area contributed by atoms with E-state index in [9.17, 15) is 19.5 Å². The zero-order chi connectivity index (χ0) is 21.3. The van der Waals surface area contributed by atoms with Gasteiger partial charge in [-0.3, -0.25) is 9.59 Å². The molecule has 0 aromatic rings. The van der Waals surface area contributed by atoms with Gasteiger partial charge in [0.2, 0.25) is 5.91 Å². The second-order valence-corrected chi connectivity index (χ2v) is 5.67. The zero-order valence-corrected chi connectivity index (χ0v) is 15.8. The third-order valence-electron chi connectivity index (χ3n) is 3.24. The number of aliphatic carboxylic acids is 2. The predicted octanol–water partition coefficient (Wildman–Crippen LogP) is -2.19. The van der Waals surface area contributed by atoms with Gasteiger partial charge in [-0.05, 0) is 0 Å². The van der Waals surface area contributed by atoms with Crippen LogP contribution in [0.2, 0.25) is 0 Å². The summed E-state index contributed by atoms with van der Waals surface area (Å²) in [6.45, 7) is 3.57. The number of hydrogen-bond acceptors (Lipinski definition) is 9. The number of aliphatic hydroxyl groups is 1. The number of carboxylic acid groups (broad SMARTS) is 2. The SMILES string of the molecule is NCCOCCOCCOCCOCCNC(=O)CC(O)(CC(=O)O)C(=O)O. The lowest BCUT2D eigenvalue weighted by Crippen LogP contribution is -2.45. The number of nitrogens with one attached hydrogen (secondary N) is 1. The predicted molar refractivity (Wildman–Crippen MR) is 94.8 cm³/mol. The van der Waals surface area contributed by atoms with Crippen LogP contribution in [-0.4, -0.2) is 105 Å². The molecule has 12 nitrogen and oxygen atoms in total. The minimum absolute atomic E-state index is 0.0769. The summed E-state index contributed by atoms with van der Waals surface area (Å²) >= 11 is 0. The summed E-state index contributed by atoms with van der Waals surface area (Å²) in [5.41, 5.74) is 2.61. The maximum Gasteiger partial charge on any atom is 0.336 e. The van der Waals surface area contributed by atoms with Gasteiger partial charge in [-0.1, -0.05) is 0 Å². The summed E-state index contributed by atoms with van der Waals surface area (Å²) in [6.07, 6.45) is -1.94. The molecule has 0 aromatic carbocycles. The van der Waals surface area contributed by atoms with Gasteiger partial charge in [0.25, 0.3) is 0 Å². The Morgan fingerprint density at radius 1 is 0.786 bits per heavy atom. The second-order valence-electron chi connectivity index (χ2n) is 5.67. The molecule has 6 N–H and O–H groups in total. The maximum atomic E-state index is 11.6. The van der Waals surface area contributed by atoms with Gasteiger partial charge >= 0.3 is 11.9 Å². The molecule has 0 aliphatic heterocycles. The van der Waals surface area contributed by atoms with Crippen LogP contribution < -0.4 is 11.1 Å². The Bertz CT molecular complexity index is 463. The molecule has 0 aromatic heterocycles. The average Bonchev–Trinajstić information content (AvgIpc) is 2.61. The Morgan fingerprint density at radius 2 is 1.25 bits per heavy atom. The zero-order valence-electron chi connectivity index (χ0n) is 15.8. The van der Waals surface area contributed by atoms with Crippen LogP contribution in [0.25, 0.3) is 0 Å². The molecule has 0 heterocycles. The molecule has 0 rings (SSSR count). The first kappa shape index (κ1) is 26.2. The van der Waals surface area contributed by atoms with E-state index in [2.05, 4.69) is 5.32 Å². The molecule has 28 heavy (non-hydrogen) atoms. The molecular formula is C16H30N2O10. The van der Waals surface area contributed by atoms with E-state index in [1.54, 1.807) is 0 Å². The lowest BCUT2D eigenvalue weighted by atomic mass is 9.95. The maximum absolute atomic E-state index is 11.6. The number of amides is 1. The first-order valence-corrected chi connectivity index (χ1v) is 8.77. The number of carboxylic acids is 2. The van der Waals surface area contributed by atoms with Crippen molar-refractivity contribution >= 4 is 17.8 Å². The molecule has 1 amide bonds. The third kappa shape index (κ3) is 14.3. The number of rotatable bonds is 19. The van der Waals surface area contributed by atoms with Gasteiger partial charge in [0.1, 0.15) is 0 Å². The van der Waals surface area contributed by atoms with Crippen LogP contribution in [0.15, 0.2) is 0 Å². The van der Waals surface area contributed by atoms with E-state index in [0.29, 0.717) is 46.2 Å². The molecule has 1 atom stereocenters. The normalized spacial score (nSPS) is 13.1. The molecule has 0 spiro atoms. The molecule has 0 aliphatic rings. The van der Waals surface area contributed by atoms with E-state index in [0.717, 1.165) is 0 Å². The van der Waals surface area contributed by atoms with Crippen molar-refractivity contribution in [3.63, 3.8) is 0 Å². The van der Waals surface area contributed by atoms with E-state index >= 15 is 0 Å². The number of hydrogen-bond donors (Lipinski definition) is 5. The minimum atomic E-state index is -2.65. The Balaban J connectivity index is 3.59. The van der Waals surface area contributed by atoms with Crippen LogP contribution in [0, 0.1) is 0 Å². The smallest absolute Gasteiger partial charge is 0.336 e. The fourth-order valence-electron chi connectivity index (χ4n) is 1.90. The lowest BCUT2D eigenvalue weighted by Gasteiger charge is -2.20. The Kier molecular flexibility index (Phi) is 15.1. The number of nitrogens with two attached hydrogens (primary N) is 1. The van der Waals surface area contributed by atoms with Crippen LogP contribution in [0.5, 0.6) is 0 Å². The van der Waals surface area contributed by atoms with E-state index in [-0.39, 0.29) is 19.8 Å².